The van der Waals surface area contributed by atoms with Gasteiger partial charge in [0.15, 0.2) is 5.58 Å². The highest BCUT2D eigenvalue weighted by atomic mass is 16.5. The van der Waals surface area contributed by atoms with Crippen LogP contribution in [0.25, 0.3) is 11.0 Å². The fourth-order valence-corrected chi connectivity index (χ4v) is 5.62. The quantitative estimate of drug-likeness (QED) is 0.721. The monoisotopic (exact) mass is 402 g/mol. The molecule has 4 heterocycles. The van der Waals surface area contributed by atoms with Crippen molar-refractivity contribution in [1.29, 1.82) is 0 Å². The lowest BCUT2D eigenvalue weighted by Gasteiger charge is -2.39. The van der Waals surface area contributed by atoms with Crippen LogP contribution in [0.4, 0.5) is 11.4 Å². The standard InChI is InChI=1S/C24H26N4O2/c1-15-7-8-17-19(26-30-22(17)12-15)6-3-10-27-11-9-21-18(13-27)16-4-2-5-20-24(16)28(21)14-23(29)25-20/h2,4-5,7-8,12,18,21H,3,6,9-11,13-14H2,1H3,(H,25,29)/t18-,21-/m0/s1. The number of likely N-dealkylation sites (tertiary alicyclic amines) is 1. The van der Waals surface area contributed by atoms with E-state index in [4.69, 9.17) is 4.52 Å². The number of hydrogen-bond acceptors (Lipinski definition) is 5. The molecule has 2 aromatic carbocycles. The van der Waals surface area contributed by atoms with E-state index in [0.29, 0.717) is 18.5 Å². The first kappa shape index (κ1) is 18.0. The Balaban J connectivity index is 1.14. The summed E-state index contributed by atoms with van der Waals surface area (Å²) in [6.07, 6.45) is 3.12. The van der Waals surface area contributed by atoms with Crippen LogP contribution in [0.1, 0.15) is 35.6 Å². The first-order valence-electron chi connectivity index (χ1n) is 10.9. The van der Waals surface area contributed by atoms with Gasteiger partial charge in [0.25, 0.3) is 0 Å². The second kappa shape index (κ2) is 6.84. The van der Waals surface area contributed by atoms with Crippen LogP contribution >= 0.6 is 0 Å². The summed E-state index contributed by atoms with van der Waals surface area (Å²) in [5.74, 6) is 0.593. The van der Waals surface area contributed by atoms with Crippen LogP contribution in [0.2, 0.25) is 0 Å². The van der Waals surface area contributed by atoms with E-state index >= 15 is 0 Å². The molecule has 1 saturated heterocycles. The van der Waals surface area contributed by atoms with Gasteiger partial charge in [0.2, 0.25) is 5.91 Å². The average molecular weight is 402 g/mol. The van der Waals surface area contributed by atoms with Crippen molar-refractivity contribution in [2.45, 2.75) is 38.1 Å². The normalized spacial score (nSPS) is 22.8. The number of benzene rings is 2. The number of hydrogen-bond donors (Lipinski definition) is 1. The summed E-state index contributed by atoms with van der Waals surface area (Å²) in [5.41, 5.74) is 6.80. The third-order valence-corrected chi connectivity index (χ3v) is 6.99. The molecule has 0 unspecified atom stereocenters. The summed E-state index contributed by atoms with van der Waals surface area (Å²) < 4.78 is 5.52. The second-order valence-electron chi connectivity index (χ2n) is 8.92. The van der Waals surface area contributed by atoms with Gasteiger partial charge in [-0.15, -0.1) is 0 Å². The van der Waals surface area contributed by atoms with Crippen molar-refractivity contribution in [3.8, 4) is 0 Å². The molecule has 3 aliphatic heterocycles. The topological polar surface area (TPSA) is 61.6 Å². The van der Waals surface area contributed by atoms with E-state index < -0.39 is 0 Å². The molecule has 154 valence electrons. The van der Waals surface area contributed by atoms with E-state index in [1.165, 1.54) is 16.8 Å². The number of piperidine rings is 1. The van der Waals surface area contributed by atoms with Crippen LogP contribution < -0.4 is 10.2 Å². The van der Waals surface area contributed by atoms with Crippen LogP contribution in [0.15, 0.2) is 40.9 Å². The Morgan fingerprint density at radius 3 is 3.13 bits per heavy atom. The molecule has 1 amide bonds. The summed E-state index contributed by atoms with van der Waals surface area (Å²) in [6.45, 7) is 5.77. The van der Waals surface area contributed by atoms with Gasteiger partial charge < -0.3 is 19.6 Å². The Kier molecular flexibility index (Phi) is 4.09. The molecule has 0 aliphatic carbocycles. The number of para-hydroxylation sites is 1. The molecular weight excluding hydrogens is 376 g/mol. The number of nitrogens with zero attached hydrogens (tertiary/aromatic N) is 3. The molecule has 0 bridgehead atoms. The highest BCUT2D eigenvalue weighted by Gasteiger charge is 2.44. The zero-order valence-electron chi connectivity index (χ0n) is 17.2. The van der Waals surface area contributed by atoms with Gasteiger partial charge in [0.05, 0.1) is 23.6 Å². The fraction of sp³-hybridized carbons (Fsp3) is 0.417. The minimum Gasteiger partial charge on any atom is -0.357 e. The van der Waals surface area contributed by atoms with Gasteiger partial charge in [-0.1, -0.05) is 23.4 Å². The van der Waals surface area contributed by atoms with Crippen molar-refractivity contribution in [2.75, 3.05) is 36.4 Å². The van der Waals surface area contributed by atoms with Gasteiger partial charge >= 0.3 is 0 Å². The van der Waals surface area contributed by atoms with Crippen LogP contribution in [0.3, 0.4) is 0 Å². The zero-order valence-corrected chi connectivity index (χ0v) is 17.2. The number of carbonyl (C=O) groups is 1. The number of amides is 1. The Bertz CT molecular complexity index is 1140. The van der Waals surface area contributed by atoms with E-state index in [1.54, 1.807) is 0 Å². The molecule has 0 spiro atoms. The molecule has 0 saturated carbocycles. The number of aromatic nitrogens is 1. The molecule has 6 rings (SSSR count). The fourth-order valence-electron chi connectivity index (χ4n) is 5.62. The van der Waals surface area contributed by atoms with Gasteiger partial charge in [-0.25, -0.2) is 0 Å². The van der Waals surface area contributed by atoms with Crippen molar-refractivity contribution in [2.24, 2.45) is 0 Å². The van der Waals surface area contributed by atoms with Crippen LogP contribution in [-0.2, 0) is 11.2 Å². The maximum atomic E-state index is 12.1. The Hall–Kier alpha value is -2.86. The maximum Gasteiger partial charge on any atom is 0.243 e. The van der Waals surface area contributed by atoms with E-state index in [2.05, 4.69) is 57.5 Å². The first-order valence-corrected chi connectivity index (χ1v) is 10.9. The minimum absolute atomic E-state index is 0.109. The zero-order chi connectivity index (χ0) is 20.2. The lowest BCUT2D eigenvalue weighted by atomic mass is 9.89. The van der Waals surface area contributed by atoms with E-state index in [9.17, 15) is 4.79 Å². The molecule has 1 fully saturated rings. The van der Waals surface area contributed by atoms with E-state index in [1.807, 2.05) is 6.07 Å². The molecule has 6 heteroatoms. The first-order chi connectivity index (χ1) is 14.7. The molecule has 30 heavy (non-hydrogen) atoms. The molecule has 1 aromatic heterocycles. The van der Waals surface area contributed by atoms with Gasteiger partial charge in [-0.3, -0.25) is 4.79 Å². The smallest absolute Gasteiger partial charge is 0.243 e. The van der Waals surface area contributed by atoms with Crippen LogP contribution in [-0.4, -0.2) is 48.2 Å². The van der Waals surface area contributed by atoms with Gasteiger partial charge in [-0.2, -0.15) is 0 Å². The van der Waals surface area contributed by atoms with Crippen molar-refractivity contribution in [1.82, 2.24) is 10.1 Å². The summed E-state index contributed by atoms with van der Waals surface area (Å²) in [5, 5.41) is 8.50. The summed E-state index contributed by atoms with van der Waals surface area (Å²) in [4.78, 5) is 17.1. The Morgan fingerprint density at radius 1 is 1.27 bits per heavy atom. The number of rotatable bonds is 4. The number of anilines is 2. The minimum atomic E-state index is 0.109. The van der Waals surface area contributed by atoms with E-state index in [-0.39, 0.29) is 5.91 Å². The van der Waals surface area contributed by atoms with Gasteiger partial charge in [0, 0.05) is 30.4 Å². The van der Waals surface area contributed by atoms with Crippen molar-refractivity contribution >= 4 is 28.3 Å². The van der Waals surface area contributed by atoms with E-state index in [0.717, 1.165) is 61.2 Å². The predicted molar refractivity (Wildman–Crippen MR) is 117 cm³/mol. The third-order valence-electron chi connectivity index (χ3n) is 6.99. The number of aryl methyl sites for hydroxylation is 2. The van der Waals surface area contributed by atoms with Crippen molar-refractivity contribution < 1.29 is 9.32 Å². The highest BCUT2D eigenvalue weighted by Crippen LogP contribution is 2.49. The predicted octanol–water partition coefficient (Wildman–Crippen LogP) is 3.70. The molecule has 3 aliphatic rings. The lowest BCUT2D eigenvalue weighted by Crippen LogP contribution is -2.49. The largest absolute Gasteiger partial charge is 0.357 e. The molecular formula is C24H26N4O2. The molecule has 2 atom stereocenters. The molecule has 3 aromatic rings. The number of nitrogens with one attached hydrogen (secondary N) is 1. The average Bonchev–Trinajstić information content (AvgIpc) is 3.28. The Labute approximate surface area is 175 Å². The Morgan fingerprint density at radius 2 is 2.20 bits per heavy atom. The molecule has 1 N–H and O–H groups in total. The summed E-state index contributed by atoms with van der Waals surface area (Å²) >= 11 is 0. The number of carbonyl (C=O) groups excluding carboxylic acids is 1. The highest BCUT2D eigenvalue weighted by molar-refractivity contribution is 6.03. The van der Waals surface area contributed by atoms with Crippen molar-refractivity contribution in [3.05, 3.63) is 53.2 Å². The van der Waals surface area contributed by atoms with Crippen LogP contribution in [0.5, 0.6) is 0 Å². The lowest BCUT2D eigenvalue weighted by molar-refractivity contribution is -0.115. The van der Waals surface area contributed by atoms with Crippen LogP contribution in [0, 0.1) is 6.92 Å². The summed E-state index contributed by atoms with van der Waals surface area (Å²) in [7, 11) is 0. The van der Waals surface area contributed by atoms with Crippen molar-refractivity contribution in [3.63, 3.8) is 0 Å². The molecule has 0 radical (unpaired) electrons. The SMILES string of the molecule is Cc1ccc2c(CCCN3CC[C@H]4[C@@H](C3)c3cccc5c3N4CC(=O)N5)noc2c1. The van der Waals surface area contributed by atoms with Gasteiger partial charge in [-0.05, 0) is 62.1 Å². The second-order valence-corrected chi connectivity index (χ2v) is 8.92. The molecule has 6 nitrogen and oxygen atoms in total. The number of fused-ring (bicyclic) bond motifs is 4. The maximum absolute atomic E-state index is 12.1. The third kappa shape index (κ3) is 2.82. The van der Waals surface area contributed by atoms with Gasteiger partial charge in [0.1, 0.15) is 0 Å². The summed E-state index contributed by atoms with van der Waals surface area (Å²) in [6, 6.07) is 13.1.